The number of nitrogens with two attached hydrogens (primary N) is 2. The van der Waals surface area contributed by atoms with Crippen LogP contribution in [0.5, 0.6) is 0 Å². The SMILES string of the molecule is C#CC#CC#CC#CC#CC#CC#CC#CC#CC#CC#CC.Nc1ccc(C(=O)N2CCC3(CC2)OCCN3S(=O)(=O)c2ccc(N)cc2)cc1. The number of sulfonamides is 1. The number of nitrogen functional groups attached to an aromatic ring is 2. The number of hydrogen-bond donors (Lipinski definition) is 2. The molecule has 52 heavy (non-hydrogen) atoms. The minimum Gasteiger partial charge on any atom is -0.399 e. The predicted molar refractivity (Wildman–Crippen MR) is 202 cm³/mol. The first kappa shape index (κ1) is 39.0. The summed E-state index contributed by atoms with van der Waals surface area (Å²) in [5.41, 5.74) is 12.1. The van der Waals surface area contributed by atoms with Crippen LogP contribution < -0.4 is 11.5 Å². The molecule has 2 heterocycles. The van der Waals surface area contributed by atoms with Gasteiger partial charge in [0.2, 0.25) is 10.0 Å². The number of rotatable bonds is 3. The number of likely N-dealkylation sites (tertiary alicyclic amines) is 1. The van der Waals surface area contributed by atoms with E-state index >= 15 is 0 Å². The Morgan fingerprint density at radius 2 is 1.06 bits per heavy atom. The minimum atomic E-state index is -3.72. The smallest absolute Gasteiger partial charge is 0.253 e. The van der Waals surface area contributed by atoms with Gasteiger partial charge in [-0.1, -0.05) is 5.92 Å². The Kier molecular flexibility index (Phi) is 15.6. The second kappa shape index (κ2) is 20.8. The van der Waals surface area contributed by atoms with Crippen molar-refractivity contribution in [3.63, 3.8) is 0 Å². The molecule has 2 fully saturated rings. The van der Waals surface area contributed by atoms with E-state index in [1.165, 1.54) is 16.4 Å². The van der Waals surface area contributed by atoms with Crippen molar-refractivity contribution in [1.29, 1.82) is 0 Å². The van der Waals surface area contributed by atoms with E-state index in [1.54, 1.807) is 48.2 Å². The van der Waals surface area contributed by atoms with Crippen molar-refractivity contribution in [2.24, 2.45) is 0 Å². The predicted octanol–water partition coefficient (Wildman–Crippen LogP) is 2.18. The maximum absolute atomic E-state index is 13.2. The molecule has 0 radical (unpaired) electrons. The molecular formula is C43H28N4O4S. The average Bonchev–Trinajstić information content (AvgIpc) is 3.57. The monoisotopic (exact) mass is 696 g/mol. The minimum absolute atomic E-state index is 0.0919. The molecule has 0 unspecified atom stereocenters. The van der Waals surface area contributed by atoms with Gasteiger partial charge in [-0.05, 0) is 150 Å². The van der Waals surface area contributed by atoms with Gasteiger partial charge in [-0.15, -0.1) is 6.42 Å². The normalized spacial score (nSPS) is 12.6. The molecule has 0 aromatic heterocycles. The molecule has 0 atom stereocenters. The molecule has 1 amide bonds. The fourth-order valence-corrected chi connectivity index (χ4v) is 6.31. The van der Waals surface area contributed by atoms with Crippen LogP contribution in [-0.4, -0.2) is 55.5 Å². The number of terminal acetylenes is 1. The maximum Gasteiger partial charge on any atom is 0.253 e. The van der Waals surface area contributed by atoms with E-state index in [2.05, 4.69) is 124 Å². The molecule has 0 bridgehead atoms. The van der Waals surface area contributed by atoms with Crippen LogP contribution >= 0.6 is 0 Å². The lowest BCUT2D eigenvalue weighted by molar-refractivity contribution is -0.0857. The number of carbonyl (C=O) groups excluding carboxylic acids is 1. The zero-order valence-electron chi connectivity index (χ0n) is 28.0. The third kappa shape index (κ3) is 12.2. The highest BCUT2D eigenvalue weighted by Gasteiger charge is 2.51. The molecule has 4 rings (SSSR count). The summed E-state index contributed by atoms with van der Waals surface area (Å²) in [4.78, 5) is 14.7. The molecule has 2 aliphatic rings. The van der Waals surface area contributed by atoms with Gasteiger partial charge in [-0.2, -0.15) is 4.31 Å². The van der Waals surface area contributed by atoms with E-state index in [9.17, 15) is 13.2 Å². The first-order chi connectivity index (χ1) is 25.2. The molecule has 2 aliphatic heterocycles. The van der Waals surface area contributed by atoms with Gasteiger partial charge < -0.3 is 21.1 Å². The summed E-state index contributed by atoms with van der Waals surface area (Å²) in [5.74, 6) is 51.8. The molecule has 2 aromatic carbocycles. The number of piperidine rings is 1. The Morgan fingerprint density at radius 3 is 1.48 bits per heavy atom. The van der Waals surface area contributed by atoms with E-state index in [0.717, 1.165) is 0 Å². The summed E-state index contributed by atoms with van der Waals surface area (Å²) in [6, 6.07) is 13.0. The van der Waals surface area contributed by atoms with Crippen molar-refractivity contribution in [2.45, 2.75) is 30.4 Å². The third-order valence-corrected chi connectivity index (χ3v) is 8.86. The van der Waals surface area contributed by atoms with E-state index in [1.807, 2.05) is 0 Å². The number of ether oxygens (including phenoxy) is 1. The third-order valence-electron chi connectivity index (χ3n) is 6.90. The van der Waals surface area contributed by atoms with Crippen LogP contribution in [0.4, 0.5) is 11.4 Å². The van der Waals surface area contributed by atoms with Gasteiger partial charge in [0.25, 0.3) is 5.91 Å². The lowest BCUT2D eigenvalue weighted by Crippen LogP contribution is -2.55. The second-order valence-corrected chi connectivity index (χ2v) is 12.0. The van der Waals surface area contributed by atoms with Crippen molar-refractivity contribution in [3.8, 4) is 131 Å². The van der Waals surface area contributed by atoms with Gasteiger partial charge >= 0.3 is 0 Å². The highest BCUT2D eigenvalue weighted by Crippen LogP contribution is 2.38. The molecule has 2 aromatic rings. The summed E-state index contributed by atoms with van der Waals surface area (Å²) in [7, 11) is -3.72. The van der Waals surface area contributed by atoms with Gasteiger partial charge in [0, 0.05) is 73.1 Å². The first-order valence-electron chi connectivity index (χ1n) is 15.3. The van der Waals surface area contributed by atoms with Crippen molar-refractivity contribution in [3.05, 3.63) is 54.1 Å². The Balaban J connectivity index is 0.000000290. The van der Waals surface area contributed by atoms with Crippen LogP contribution in [0, 0.1) is 131 Å². The molecule has 250 valence electrons. The van der Waals surface area contributed by atoms with Crippen molar-refractivity contribution in [2.75, 3.05) is 37.7 Å². The lowest BCUT2D eigenvalue weighted by atomic mass is 10.00. The van der Waals surface area contributed by atoms with Crippen LogP contribution in [0.2, 0.25) is 0 Å². The number of hydrogen-bond acceptors (Lipinski definition) is 6. The molecule has 0 saturated carbocycles. The molecule has 0 aliphatic carbocycles. The lowest BCUT2D eigenvalue weighted by Gasteiger charge is -2.42. The highest BCUT2D eigenvalue weighted by atomic mass is 32.2. The molecule has 9 heteroatoms. The van der Waals surface area contributed by atoms with Crippen LogP contribution in [0.25, 0.3) is 0 Å². The fourth-order valence-electron chi connectivity index (χ4n) is 4.59. The first-order valence-corrected chi connectivity index (χ1v) is 16.7. The van der Waals surface area contributed by atoms with Crippen LogP contribution in [-0.2, 0) is 14.8 Å². The van der Waals surface area contributed by atoms with Crippen molar-refractivity contribution >= 4 is 27.3 Å². The second-order valence-electron chi connectivity index (χ2n) is 10.1. The summed E-state index contributed by atoms with van der Waals surface area (Å²) < 4.78 is 33.8. The molecule has 1 spiro atoms. The number of anilines is 2. The Labute approximate surface area is 306 Å². The Bertz CT molecular complexity index is 2480. The average molecular weight is 697 g/mol. The van der Waals surface area contributed by atoms with E-state index in [4.69, 9.17) is 22.6 Å². The van der Waals surface area contributed by atoms with Crippen LogP contribution in [0.3, 0.4) is 0 Å². The van der Waals surface area contributed by atoms with E-state index in [-0.39, 0.29) is 10.8 Å². The number of benzene rings is 2. The van der Waals surface area contributed by atoms with E-state index in [0.29, 0.717) is 56.0 Å². The Morgan fingerprint density at radius 1 is 0.654 bits per heavy atom. The fraction of sp³-hybridized carbons (Fsp3) is 0.186. The quantitative estimate of drug-likeness (QED) is 0.376. The zero-order valence-corrected chi connectivity index (χ0v) is 28.8. The summed E-state index contributed by atoms with van der Waals surface area (Å²) >= 11 is 0. The number of carbonyl (C=O) groups is 1. The molecular weight excluding hydrogens is 669 g/mol. The largest absolute Gasteiger partial charge is 0.399 e. The maximum atomic E-state index is 13.2. The molecule has 4 N–H and O–H groups in total. The van der Waals surface area contributed by atoms with Crippen molar-refractivity contribution < 1.29 is 17.9 Å². The number of nitrogens with zero attached hydrogens (tertiary/aromatic N) is 2. The van der Waals surface area contributed by atoms with Gasteiger partial charge in [0.1, 0.15) is 5.72 Å². The molecule has 2 saturated heterocycles. The standard InChI is InChI=1S/C23H4.C20H24N4O4S/c1-3-5-7-9-11-13-15-17-19-21-23-22-20-18-16-14-12-10-8-6-4-2;21-16-3-1-15(2-4-16)19(25)23-11-9-20(10-12-23)24(13-14-28-20)29(26,27)18-7-5-17(22)6-8-18/h1H,2H3;1-8H,9-14,21-22H2. The van der Waals surface area contributed by atoms with Crippen molar-refractivity contribution in [1.82, 2.24) is 9.21 Å². The van der Waals surface area contributed by atoms with E-state index < -0.39 is 15.7 Å². The zero-order chi connectivity index (χ0) is 37.5. The van der Waals surface area contributed by atoms with Gasteiger partial charge in [-0.3, -0.25) is 4.79 Å². The summed E-state index contributed by atoms with van der Waals surface area (Å²) in [6.07, 6.45) is 5.74. The number of amides is 1. The highest BCUT2D eigenvalue weighted by molar-refractivity contribution is 7.89. The van der Waals surface area contributed by atoms with Gasteiger partial charge in [0.05, 0.1) is 11.5 Å². The molecule has 8 nitrogen and oxygen atoms in total. The van der Waals surface area contributed by atoms with Gasteiger partial charge in [-0.25, -0.2) is 8.42 Å². The topological polar surface area (TPSA) is 119 Å². The van der Waals surface area contributed by atoms with Gasteiger partial charge in [0.15, 0.2) is 0 Å². The van der Waals surface area contributed by atoms with Crippen LogP contribution in [0.1, 0.15) is 30.1 Å². The Hall–Kier alpha value is -7.46. The summed E-state index contributed by atoms with van der Waals surface area (Å²) in [5, 5.41) is 0. The summed E-state index contributed by atoms with van der Waals surface area (Å²) in [6.45, 7) is 3.15. The van der Waals surface area contributed by atoms with Crippen LogP contribution in [0.15, 0.2) is 53.4 Å².